The van der Waals surface area contributed by atoms with E-state index in [4.69, 9.17) is 19.3 Å². The van der Waals surface area contributed by atoms with Crippen molar-refractivity contribution in [2.24, 2.45) is 0 Å². The number of ketones is 1. The van der Waals surface area contributed by atoms with Gasteiger partial charge in [0, 0.05) is 11.8 Å². The first-order valence-corrected chi connectivity index (χ1v) is 11.5. The van der Waals surface area contributed by atoms with Crippen LogP contribution in [0.4, 0.5) is 0 Å². The van der Waals surface area contributed by atoms with Crippen LogP contribution in [0.1, 0.15) is 21.6 Å². The molecule has 3 aromatic carbocycles. The summed E-state index contributed by atoms with van der Waals surface area (Å²) in [4.78, 5) is 13.6. The third kappa shape index (κ3) is 4.92. The Kier molecular flexibility index (Phi) is 6.67. The van der Waals surface area contributed by atoms with E-state index >= 15 is 0 Å². The van der Waals surface area contributed by atoms with Gasteiger partial charge in [0.05, 0.1) is 45.3 Å². The average Bonchev–Trinajstić information content (AvgIpc) is 3.61. The van der Waals surface area contributed by atoms with Gasteiger partial charge in [-0.15, -0.1) is 5.10 Å². The van der Waals surface area contributed by atoms with E-state index < -0.39 is 0 Å². The van der Waals surface area contributed by atoms with Crippen LogP contribution in [0, 0.1) is 0 Å². The van der Waals surface area contributed by atoms with E-state index in [1.165, 1.54) is 0 Å². The SMILES string of the molecule is COc1ccc(-c2nn(-c3ccccc3)cc2C(=O)c2cn(Cc3ccc(OC)c(OC)c3)nn2)cc1. The predicted molar refractivity (Wildman–Crippen MR) is 138 cm³/mol. The number of nitrogens with zero attached hydrogens (tertiary/aromatic N) is 5. The maximum atomic E-state index is 13.6. The molecule has 5 rings (SSSR count). The zero-order valence-corrected chi connectivity index (χ0v) is 20.7. The van der Waals surface area contributed by atoms with Gasteiger partial charge in [-0.3, -0.25) is 4.79 Å². The third-order valence-electron chi connectivity index (χ3n) is 5.91. The van der Waals surface area contributed by atoms with Crippen LogP contribution in [0.5, 0.6) is 17.2 Å². The highest BCUT2D eigenvalue weighted by Gasteiger charge is 2.22. The molecule has 9 heteroatoms. The zero-order valence-electron chi connectivity index (χ0n) is 20.7. The van der Waals surface area contributed by atoms with Crippen molar-refractivity contribution in [2.75, 3.05) is 21.3 Å². The maximum Gasteiger partial charge on any atom is 0.218 e. The summed E-state index contributed by atoms with van der Waals surface area (Å²) in [7, 11) is 4.79. The molecule has 5 aromatic rings. The van der Waals surface area contributed by atoms with E-state index in [1.54, 1.807) is 43.1 Å². The number of para-hydroxylation sites is 1. The van der Waals surface area contributed by atoms with Crippen LogP contribution in [-0.4, -0.2) is 51.9 Å². The van der Waals surface area contributed by atoms with Crippen LogP contribution in [0.2, 0.25) is 0 Å². The molecule has 2 heterocycles. The molecule has 0 fully saturated rings. The van der Waals surface area contributed by atoms with Crippen molar-refractivity contribution in [3.8, 4) is 34.2 Å². The molecule has 0 bridgehead atoms. The number of benzene rings is 3. The number of hydrogen-bond donors (Lipinski definition) is 0. The van der Waals surface area contributed by atoms with E-state index in [1.807, 2.05) is 72.8 Å². The van der Waals surface area contributed by atoms with E-state index in [-0.39, 0.29) is 11.5 Å². The Balaban J connectivity index is 1.47. The van der Waals surface area contributed by atoms with Gasteiger partial charge in [-0.25, -0.2) is 9.36 Å². The molecule has 2 aromatic heterocycles. The van der Waals surface area contributed by atoms with E-state index in [0.717, 1.165) is 22.6 Å². The Morgan fingerprint density at radius 2 is 1.59 bits per heavy atom. The fourth-order valence-electron chi connectivity index (χ4n) is 4.00. The average molecular weight is 496 g/mol. The topological polar surface area (TPSA) is 93.3 Å². The highest BCUT2D eigenvalue weighted by atomic mass is 16.5. The summed E-state index contributed by atoms with van der Waals surface area (Å²) in [6.07, 6.45) is 3.36. The van der Waals surface area contributed by atoms with Crippen molar-refractivity contribution < 1.29 is 19.0 Å². The fourth-order valence-corrected chi connectivity index (χ4v) is 4.00. The van der Waals surface area contributed by atoms with Crippen LogP contribution in [0.25, 0.3) is 16.9 Å². The molecule has 0 amide bonds. The van der Waals surface area contributed by atoms with Gasteiger partial charge in [-0.1, -0.05) is 29.5 Å². The molecule has 0 spiro atoms. The van der Waals surface area contributed by atoms with Crippen molar-refractivity contribution in [3.05, 3.63) is 102 Å². The van der Waals surface area contributed by atoms with Crippen LogP contribution in [0.3, 0.4) is 0 Å². The molecule has 0 atom stereocenters. The summed E-state index contributed by atoms with van der Waals surface area (Å²) < 4.78 is 19.3. The molecule has 37 heavy (non-hydrogen) atoms. The Morgan fingerprint density at radius 3 is 2.30 bits per heavy atom. The van der Waals surface area contributed by atoms with Crippen LogP contribution in [-0.2, 0) is 6.54 Å². The third-order valence-corrected chi connectivity index (χ3v) is 5.91. The summed E-state index contributed by atoms with van der Waals surface area (Å²) in [5, 5.41) is 13.1. The summed E-state index contributed by atoms with van der Waals surface area (Å²) in [5.41, 5.74) is 3.75. The molecule has 9 nitrogen and oxygen atoms in total. The first-order chi connectivity index (χ1) is 18.1. The predicted octanol–water partition coefficient (Wildman–Crippen LogP) is 4.44. The molecule has 186 valence electrons. The number of ether oxygens (including phenoxy) is 3. The van der Waals surface area contributed by atoms with Crippen LogP contribution < -0.4 is 14.2 Å². The molecule has 0 radical (unpaired) electrons. The van der Waals surface area contributed by atoms with Crippen molar-refractivity contribution in [1.29, 1.82) is 0 Å². The number of hydrogen-bond acceptors (Lipinski definition) is 7. The lowest BCUT2D eigenvalue weighted by molar-refractivity contribution is 0.103. The van der Waals surface area contributed by atoms with Crippen LogP contribution >= 0.6 is 0 Å². The van der Waals surface area contributed by atoms with Gasteiger partial charge in [0.1, 0.15) is 11.4 Å². The molecule has 0 aliphatic heterocycles. The number of methoxy groups -OCH3 is 3. The lowest BCUT2D eigenvalue weighted by Gasteiger charge is -2.09. The van der Waals surface area contributed by atoms with Crippen molar-refractivity contribution >= 4 is 5.78 Å². The normalized spacial score (nSPS) is 10.8. The minimum atomic E-state index is -0.272. The minimum absolute atomic E-state index is 0.225. The maximum absolute atomic E-state index is 13.6. The number of aromatic nitrogens is 5. The standard InChI is InChI=1S/C28H25N5O4/c1-35-22-12-10-20(11-13-22)27-23(17-33(30-27)21-7-5-4-6-8-21)28(34)24-18-32(31-29-24)16-19-9-14-25(36-2)26(15-19)37-3/h4-15,17-18H,16H2,1-3H3. The molecule has 0 saturated carbocycles. The van der Waals surface area contributed by atoms with E-state index in [0.29, 0.717) is 29.3 Å². The smallest absolute Gasteiger partial charge is 0.218 e. The number of rotatable bonds is 9. The Morgan fingerprint density at radius 1 is 0.838 bits per heavy atom. The number of carbonyl (C=O) groups is 1. The fraction of sp³-hybridized carbons (Fsp3) is 0.143. The molecule has 0 unspecified atom stereocenters. The van der Waals surface area contributed by atoms with Gasteiger partial charge in [0.15, 0.2) is 17.2 Å². The molecular weight excluding hydrogens is 470 g/mol. The molecule has 0 saturated heterocycles. The van der Waals surface area contributed by atoms with Crippen LogP contribution in [0.15, 0.2) is 85.2 Å². The summed E-state index contributed by atoms with van der Waals surface area (Å²) in [5.74, 6) is 1.71. The van der Waals surface area contributed by atoms with E-state index in [9.17, 15) is 4.79 Å². The lowest BCUT2D eigenvalue weighted by atomic mass is 10.0. The van der Waals surface area contributed by atoms with Crippen molar-refractivity contribution in [3.63, 3.8) is 0 Å². The minimum Gasteiger partial charge on any atom is -0.497 e. The van der Waals surface area contributed by atoms with Gasteiger partial charge in [-0.05, 0) is 54.1 Å². The van der Waals surface area contributed by atoms with Gasteiger partial charge in [0.2, 0.25) is 5.78 Å². The lowest BCUT2D eigenvalue weighted by Crippen LogP contribution is -2.03. The molecular formula is C28H25N5O4. The highest BCUT2D eigenvalue weighted by molar-refractivity contribution is 6.11. The zero-order chi connectivity index (χ0) is 25.8. The van der Waals surface area contributed by atoms with Gasteiger partial charge in [-0.2, -0.15) is 5.10 Å². The Hall–Kier alpha value is -4.92. The molecule has 0 aliphatic carbocycles. The first-order valence-electron chi connectivity index (χ1n) is 11.5. The largest absolute Gasteiger partial charge is 0.497 e. The van der Waals surface area contributed by atoms with Gasteiger partial charge >= 0.3 is 0 Å². The van der Waals surface area contributed by atoms with Crippen molar-refractivity contribution in [1.82, 2.24) is 24.8 Å². The van der Waals surface area contributed by atoms with E-state index in [2.05, 4.69) is 10.3 Å². The van der Waals surface area contributed by atoms with Gasteiger partial charge < -0.3 is 14.2 Å². The second-order valence-electron chi connectivity index (χ2n) is 8.22. The Labute approximate surface area is 213 Å². The highest BCUT2D eigenvalue weighted by Crippen LogP contribution is 2.29. The quantitative estimate of drug-likeness (QED) is 0.279. The second-order valence-corrected chi connectivity index (χ2v) is 8.22. The number of carbonyl (C=O) groups excluding carboxylic acids is 1. The monoisotopic (exact) mass is 495 g/mol. The molecule has 0 N–H and O–H groups in total. The van der Waals surface area contributed by atoms with Gasteiger partial charge in [0.25, 0.3) is 0 Å². The summed E-state index contributed by atoms with van der Waals surface area (Å²) >= 11 is 0. The first kappa shape index (κ1) is 23.8. The van der Waals surface area contributed by atoms with Crippen molar-refractivity contribution in [2.45, 2.75) is 6.54 Å². The Bertz CT molecular complexity index is 1520. The summed E-state index contributed by atoms with van der Waals surface area (Å²) in [6, 6.07) is 22.7. The summed E-state index contributed by atoms with van der Waals surface area (Å²) in [6.45, 7) is 0.412. The molecule has 0 aliphatic rings. The second kappa shape index (κ2) is 10.4.